The highest BCUT2D eigenvalue weighted by molar-refractivity contribution is 7.89. The van der Waals surface area contributed by atoms with Gasteiger partial charge in [0.15, 0.2) is 6.10 Å². The Hall–Kier alpha value is -2.23. The maximum absolute atomic E-state index is 12.1. The molecule has 0 aliphatic carbocycles. The van der Waals surface area contributed by atoms with Crippen molar-refractivity contribution in [3.63, 3.8) is 0 Å². The van der Waals surface area contributed by atoms with Crippen LogP contribution in [0, 0.1) is 6.92 Å². The number of hydrogen-bond donors (Lipinski definition) is 2. The number of carbonyl (C=O) groups excluding carboxylic acids is 2. The predicted molar refractivity (Wildman–Crippen MR) is 90.4 cm³/mol. The second-order valence-electron chi connectivity index (χ2n) is 5.04. The molecule has 1 aromatic heterocycles. The van der Waals surface area contributed by atoms with E-state index >= 15 is 0 Å². The van der Waals surface area contributed by atoms with E-state index < -0.39 is 28.0 Å². The van der Waals surface area contributed by atoms with Crippen LogP contribution >= 0.6 is 11.3 Å². The molecule has 1 heterocycles. The number of amides is 1. The van der Waals surface area contributed by atoms with Gasteiger partial charge in [-0.2, -0.15) is 0 Å². The molecule has 2 aromatic rings. The van der Waals surface area contributed by atoms with E-state index in [1.807, 2.05) is 0 Å². The fourth-order valence-electron chi connectivity index (χ4n) is 1.82. The molecule has 1 amide bonds. The molecule has 0 spiro atoms. The lowest BCUT2D eigenvalue weighted by Gasteiger charge is -2.13. The Morgan fingerprint density at radius 1 is 1.21 bits per heavy atom. The number of hydrogen-bond acceptors (Lipinski definition) is 6. The number of ether oxygens (including phenoxy) is 1. The largest absolute Gasteiger partial charge is 0.448 e. The normalized spacial score (nSPS) is 12.5. The van der Waals surface area contributed by atoms with Crippen molar-refractivity contribution in [2.24, 2.45) is 5.14 Å². The summed E-state index contributed by atoms with van der Waals surface area (Å²) in [6, 6.07) is 7.14. The Morgan fingerprint density at radius 3 is 2.33 bits per heavy atom. The minimum atomic E-state index is -3.79. The van der Waals surface area contributed by atoms with E-state index in [1.54, 1.807) is 18.4 Å². The van der Waals surface area contributed by atoms with Crippen molar-refractivity contribution < 1.29 is 22.7 Å². The molecule has 7 nitrogen and oxygen atoms in total. The van der Waals surface area contributed by atoms with Crippen molar-refractivity contribution in [3.8, 4) is 0 Å². The lowest BCUT2D eigenvalue weighted by molar-refractivity contribution is -0.123. The second-order valence-corrected chi connectivity index (χ2v) is 7.52. The predicted octanol–water partition coefficient (Wildman–Crippen LogP) is 1.89. The Bertz CT molecular complexity index is 856. The first kappa shape index (κ1) is 18.1. The third-order valence-electron chi connectivity index (χ3n) is 3.15. The molecular weight excluding hydrogens is 352 g/mol. The molecule has 128 valence electrons. The fraction of sp³-hybridized carbons (Fsp3) is 0.200. The van der Waals surface area contributed by atoms with Crippen LogP contribution in [0.4, 0.5) is 5.69 Å². The summed E-state index contributed by atoms with van der Waals surface area (Å²) in [7, 11) is -3.79. The summed E-state index contributed by atoms with van der Waals surface area (Å²) < 4.78 is 27.5. The summed E-state index contributed by atoms with van der Waals surface area (Å²) in [4.78, 5) is 24.4. The number of nitrogens with one attached hydrogen (secondary N) is 1. The number of carbonyl (C=O) groups is 2. The molecule has 0 unspecified atom stereocenters. The van der Waals surface area contributed by atoms with E-state index in [0.717, 1.165) is 5.56 Å². The highest BCUT2D eigenvalue weighted by atomic mass is 32.2. The van der Waals surface area contributed by atoms with Gasteiger partial charge in [0.1, 0.15) is 4.88 Å². The average molecular weight is 368 g/mol. The number of sulfonamides is 1. The van der Waals surface area contributed by atoms with Gasteiger partial charge in [-0.3, -0.25) is 4.79 Å². The van der Waals surface area contributed by atoms with Crippen LogP contribution in [0.3, 0.4) is 0 Å². The number of aryl methyl sites for hydroxylation is 1. The Morgan fingerprint density at radius 2 is 1.83 bits per heavy atom. The average Bonchev–Trinajstić information content (AvgIpc) is 2.93. The molecule has 0 bridgehead atoms. The van der Waals surface area contributed by atoms with Gasteiger partial charge in [-0.15, -0.1) is 11.3 Å². The number of esters is 1. The first-order valence-electron chi connectivity index (χ1n) is 6.87. The van der Waals surface area contributed by atoms with Gasteiger partial charge in [0, 0.05) is 5.69 Å². The maximum atomic E-state index is 12.1. The Labute approximate surface area is 143 Å². The van der Waals surface area contributed by atoms with Crippen molar-refractivity contribution in [3.05, 3.63) is 46.2 Å². The molecule has 24 heavy (non-hydrogen) atoms. The lowest BCUT2D eigenvalue weighted by atomic mass is 10.3. The molecule has 0 aliphatic rings. The molecule has 2 rings (SSSR count). The summed E-state index contributed by atoms with van der Waals surface area (Å²) in [5.41, 5.74) is 1.15. The first-order valence-corrected chi connectivity index (χ1v) is 9.30. The van der Waals surface area contributed by atoms with Crippen LogP contribution in [-0.4, -0.2) is 26.4 Å². The van der Waals surface area contributed by atoms with Gasteiger partial charge in [0.05, 0.1) is 4.90 Å². The molecule has 1 aromatic carbocycles. The summed E-state index contributed by atoms with van der Waals surface area (Å²) in [5, 5.41) is 9.30. The van der Waals surface area contributed by atoms with Crippen molar-refractivity contribution in [1.29, 1.82) is 0 Å². The number of thiophene rings is 1. The minimum absolute atomic E-state index is 0.0619. The highest BCUT2D eigenvalue weighted by Gasteiger charge is 2.21. The molecule has 9 heteroatoms. The number of benzene rings is 1. The van der Waals surface area contributed by atoms with E-state index in [4.69, 9.17) is 9.88 Å². The number of primary sulfonamides is 1. The summed E-state index contributed by atoms with van der Waals surface area (Å²) in [6.07, 6.45) is -1.00. The van der Waals surface area contributed by atoms with Crippen molar-refractivity contribution in [1.82, 2.24) is 0 Å². The van der Waals surface area contributed by atoms with Crippen molar-refractivity contribution in [2.45, 2.75) is 24.8 Å². The Kier molecular flexibility index (Phi) is 5.37. The minimum Gasteiger partial charge on any atom is -0.448 e. The van der Waals surface area contributed by atoms with Gasteiger partial charge in [-0.1, -0.05) is 0 Å². The van der Waals surface area contributed by atoms with E-state index in [9.17, 15) is 18.0 Å². The topological polar surface area (TPSA) is 116 Å². The molecule has 0 saturated heterocycles. The second kappa shape index (κ2) is 7.12. The van der Waals surface area contributed by atoms with Gasteiger partial charge in [-0.05, 0) is 55.1 Å². The van der Waals surface area contributed by atoms with Gasteiger partial charge in [-0.25, -0.2) is 18.4 Å². The van der Waals surface area contributed by atoms with Gasteiger partial charge in [0.25, 0.3) is 5.91 Å². The number of nitrogens with two attached hydrogens (primary N) is 1. The van der Waals surface area contributed by atoms with E-state index in [2.05, 4.69) is 5.32 Å². The van der Waals surface area contributed by atoms with Crippen LogP contribution < -0.4 is 10.5 Å². The highest BCUT2D eigenvalue weighted by Crippen LogP contribution is 2.18. The monoisotopic (exact) mass is 368 g/mol. The lowest BCUT2D eigenvalue weighted by Crippen LogP contribution is -2.30. The number of rotatable bonds is 5. The molecule has 0 saturated carbocycles. The van der Waals surface area contributed by atoms with E-state index in [-0.39, 0.29) is 4.90 Å². The van der Waals surface area contributed by atoms with Crippen LogP contribution in [0.5, 0.6) is 0 Å². The van der Waals surface area contributed by atoms with Crippen LogP contribution in [0.15, 0.2) is 40.6 Å². The Balaban J connectivity index is 1.99. The van der Waals surface area contributed by atoms with Gasteiger partial charge >= 0.3 is 5.97 Å². The van der Waals surface area contributed by atoms with Crippen LogP contribution in [0.1, 0.15) is 22.2 Å². The molecule has 0 fully saturated rings. The fourth-order valence-corrected chi connectivity index (χ4v) is 3.14. The number of anilines is 1. The molecular formula is C15H16N2O5S2. The third-order valence-corrected chi connectivity index (χ3v) is 5.08. The first-order chi connectivity index (χ1) is 11.2. The zero-order valence-corrected chi connectivity index (χ0v) is 14.6. The standard InChI is InChI=1S/C15H16N2O5S2/c1-9-7-8-23-13(9)15(19)22-10(2)14(18)17-11-3-5-12(6-4-11)24(16,20)21/h3-8,10H,1-2H3,(H,17,18)(H2,16,20,21)/t10-/m1/s1. The van der Waals surface area contributed by atoms with E-state index in [1.165, 1.54) is 42.5 Å². The summed E-state index contributed by atoms with van der Waals surface area (Å²) in [6.45, 7) is 3.24. The van der Waals surface area contributed by atoms with Gasteiger partial charge in [0.2, 0.25) is 10.0 Å². The zero-order chi connectivity index (χ0) is 17.9. The molecule has 0 aliphatic heterocycles. The SMILES string of the molecule is Cc1ccsc1C(=O)O[C@H](C)C(=O)Nc1ccc(S(N)(=O)=O)cc1. The quantitative estimate of drug-likeness (QED) is 0.782. The van der Waals surface area contributed by atoms with E-state index in [0.29, 0.717) is 10.6 Å². The summed E-state index contributed by atoms with van der Waals surface area (Å²) in [5.74, 6) is -1.09. The maximum Gasteiger partial charge on any atom is 0.349 e. The zero-order valence-electron chi connectivity index (χ0n) is 13.0. The van der Waals surface area contributed by atoms with Crippen LogP contribution in [0.2, 0.25) is 0 Å². The molecule has 1 atom stereocenters. The van der Waals surface area contributed by atoms with Crippen molar-refractivity contribution >= 4 is 38.9 Å². The van der Waals surface area contributed by atoms with Crippen LogP contribution in [0.25, 0.3) is 0 Å². The molecule has 0 radical (unpaired) electrons. The summed E-state index contributed by atoms with van der Waals surface area (Å²) >= 11 is 1.24. The smallest absolute Gasteiger partial charge is 0.349 e. The van der Waals surface area contributed by atoms with Gasteiger partial charge < -0.3 is 10.1 Å². The third kappa shape index (κ3) is 4.40. The molecule has 3 N–H and O–H groups in total. The van der Waals surface area contributed by atoms with Crippen molar-refractivity contribution in [2.75, 3.05) is 5.32 Å². The van der Waals surface area contributed by atoms with Crippen LogP contribution in [-0.2, 0) is 19.6 Å².